The van der Waals surface area contributed by atoms with Crippen molar-refractivity contribution in [3.05, 3.63) is 155 Å². The van der Waals surface area contributed by atoms with Crippen LogP contribution >= 0.6 is 0 Å². The maximum absolute atomic E-state index is 6.93. The van der Waals surface area contributed by atoms with Crippen molar-refractivity contribution in [2.24, 2.45) is 17.3 Å². The van der Waals surface area contributed by atoms with E-state index in [0.717, 1.165) is 93.9 Å². The Balaban J connectivity index is 4.78. The van der Waals surface area contributed by atoms with Gasteiger partial charge in [-0.3, -0.25) is 0 Å². The van der Waals surface area contributed by atoms with Crippen LogP contribution in [0.25, 0.3) is 6.08 Å². The molecule has 1 rings (SSSR count). The molecule has 53 heavy (non-hydrogen) atoms. The van der Waals surface area contributed by atoms with Gasteiger partial charge >= 0.3 is 0 Å². The minimum Gasteiger partial charge on any atom is -0.464 e. The van der Waals surface area contributed by atoms with Crippen molar-refractivity contribution < 1.29 is 9.47 Å². The summed E-state index contributed by atoms with van der Waals surface area (Å²) < 4.78 is 12.0. The summed E-state index contributed by atoms with van der Waals surface area (Å²) in [6.45, 7) is 33.8. The lowest BCUT2D eigenvalue weighted by atomic mass is 9.61. The van der Waals surface area contributed by atoms with Gasteiger partial charge in [-0.2, -0.15) is 0 Å². The van der Waals surface area contributed by atoms with E-state index in [2.05, 4.69) is 147 Å². The molecule has 0 saturated heterocycles. The first-order chi connectivity index (χ1) is 25.7. The predicted molar refractivity (Wildman–Crippen MR) is 233 cm³/mol. The highest BCUT2D eigenvalue weighted by molar-refractivity contribution is 5.68. The minimum absolute atomic E-state index is 0.270. The molecular weight excluding hydrogens is 645 g/mol. The molecular formula is C51H72O2. The van der Waals surface area contributed by atoms with Crippen molar-refractivity contribution in [2.75, 3.05) is 0 Å². The van der Waals surface area contributed by atoms with Gasteiger partial charge in [-0.25, -0.2) is 0 Å². The predicted octanol–water partition coefficient (Wildman–Crippen LogP) is 16.0. The Morgan fingerprint density at radius 2 is 1.47 bits per heavy atom. The number of allylic oxidation sites excluding steroid dienone is 9. The van der Waals surface area contributed by atoms with Crippen LogP contribution < -0.4 is 0 Å². The van der Waals surface area contributed by atoms with E-state index in [1.807, 2.05) is 0 Å². The van der Waals surface area contributed by atoms with Crippen molar-refractivity contribution in [3.8, 4) is 0 Å². The quantitative estimate of drug-likeness (QED) is 0.0312. The Morgan fingerprint density at radius 1 is 0.811 bits per heavy atom. The normalized spacial score (nSPS) is 12.8. The molecule has 0 aliphatic heterocycles. The standard InChI is InChI=1S/C51H72O2/c1-13-21-26-37-47(45(35-22-14-2)36-23-15-3)48(40-44-33-27-24-28-34-44)49(43(12)51(18-6,19-7)42(11)41(9)10)50(46(31-16-4)32-17-5)53-39-30-25-29-38-52-20-8/h20,22,24,27-28,33-41,49H,8,11-19,21,23,26,31-32H2,1-7,9-10H3. The zero-order chi connectivity index (χ0) is 39.5. The van der Waals surface area contributed by atoms with Crippen LogP contribution in [0.1, 0.15) is 145 Å². The number of hydrogen-bond donors (Lipinski definition) is 0. The zero-order valence-corrected chi connectivity index (χ0v) is 35.1. The monoisotopic (exact) mass is 717 g/mol. The lowest BCUT2D eigenvalue weighted by Crippen LogP contribution is -2.32. The fraction of sp³-hybridized carbons (Fsp3) is 0.471. The molecule has 0 bridgehead atoms. The average Bonchev–Trinajstić information content (AvgIpc) is 3.16. The lowest BCUT2D eigenvalue weighted by molar-refractivity contribution is 0.277. The summed E-state index contributed by atoms with van der Waals surface area (Å²) in [5.41, 5.74) is 17.0. The molecule has 0 N–H and O–H groups in total. The van der Waals surface area contributed by atoms with Crippen molar-refractivity contribution in [1.82, 2.24) is 0 Å². The van der Waals surface area contributed by atoms with Crippen LogP contribution in [-0.4, -0.2) is 0 Å². The lowest BCUT2D eigenvalue weighted by Gasteiger charge is -2.43. The Kier molecular flexibility index (Phi) is 24.2. The molecule has 2 nitrogen and oxygen atoms in total. The van der Waals surface area contributed by atoms with Crippen molar-refractivity contribution >= 4 is 6.08 Å². The highest BCUT2D eigenvalue weighted by Gasteiger charge is 2.41. The molecule has 0 radical (unpaired) electrons. The fourth-order valence-electron chi connectivity index (χ4n) is 7.00. The van der Waals surface area contributed by atoms with Gasteiger partial charge in [0.2, 0.25) is 0 Å². The van der Waals surface area contributed by atoms with Crippen molar-refractivity contribution in [1.29, 1.82) is 0 Å². The molecule has 1 aromatic carbocycles. The number of benzene rings is 1. The molecule has 0 spiro atoms. The molecule has 1 unspecified atom stereocenters. The van der Waals surface area contributed by atoms with E-state index in [1.54, 1.807) is 6.26 Å². The van der Waals surface area contributed by atoms with Gasteiger partial charge in [-0.05, 0) is 95.9 Å². The summed E-state index contributed by atoms with van der Waals surface area (Å²) >= 11 is 0. The van der Waals surface area contributed by atoms with Gasteiger partial charge < -0.3 is 9.47 Å². The van der Waals surface area contributed by atoms with Gasteiger partial charge in [0.1, 0.15) is 18.3 Å². The van der Waals surface area contributed by atoms with E-state index in [9.17, 15) is 0 Å². The first-order valence-electron chi connectivity index (χ1n) is 20.4. The van der Waals surface area contributed by atoms with Gasteiger partial charge in [0.15, 0.2) is 0 Å². The Bertz CT molecular complexity index is 1550. The molecule has 1 aromatic rings. The topological polar surface area (TPSA) is 18.5 Å². The zero-order valence-electron chi connectivity index (χ0n) is 35.1. The van der Waals surface area contributed by atoms with Gasteiger partial charge in [0, 0.05) is 5.41 Å². The number of rotatable bonds is 26. The summed E-state index contributed by atoms with van der Waals surface area (Å²) in [6, 6.07) is 10.7. The van der Waals surface area contributed by atoms with Crippen molar-refractivity contribution in [2.45, 2.75) is 139 Å². The molecule has 0 heterocycles. The highest BCUT2D eigenvalue weighted by Crippen LogP contribution is 2.52. The molecule has 0 aliphatic rings. The molecule has 2 heteroatoms. The number of unbranched alkanes of at least 4 members (excludes halogenated alkanes) is 3. The fourth-order valence-corrected chi connectivity index (χ4v) is 7.00. The SMILES string of the molecule is C=COC=C=C=C=COC(=C(CCC)CCC)C(C(=C)C(CC)(CC)C(=C)C(C)C)C(=Cc1ccccc1)C(=CCCCC)C(C=CCC)=CCCC. The van der Waals surface area contributed by atoms with Crippen molar-refractivity contribution in [3.63, 3.8) is 0 Å². The summed E-state index contributed by atoms with van der Waals surface area (Å²) in [5, 5.41) is 0. The van der Waals surface area contributed by atoms with E-state index in [0.29, 0.717) is 0 Å². The van der Waals surface area contributed by atoms with Gasteiger partial charge in [-0.15, -0.1) is 0 Å². The number of ether oxygens (including phenoxy) is 2. The van der Waals surface area contributed by atoms with Crippen LogP contribution in [0.15, 0.2) is 150 Å². The average molecular weight is 717 g/mol. The first kappa shape index (κ1) is 46.8. The highest BCUT2D eigenvalue weighted by atomic mass is 16.5. The maximum Gasteiger partial charge on any atom is 0.141 e. The third-order valence-electron chi connectivity index (χ3n) is 9.96. The Morgan fingerprint density at radius 3 is 2.02 bits per heavy atom. The molecule has 0 fully saturated rings. The largest absolute Gasteiger partial charge is 0.464 e. The van der Waals surface area contributed by atoms with E-state index >= 15 is 0 Å². The minimum atomic E-state index is -0.321. The van der Waals surface area contributed by atoms with Crippen LogP contribution in [0.3, 0.4) is 0 Å². The van der Waals surface area contributed by atoms with Crippen LogP contribution in [0.4, 0.5) is 0 Å². The smallest absolute Gasteiger partial charge is 0.141 e. The maximum atomic E-state index is 6.93. The molecule has 0 saturated carbocycles. The van der Waals surface area contributed by atoms with Crippen LogP contribution in [0.2, 0.25) is 0 Å². The summed E-state index contributed by atoms with van der Waals surface area (Å²) in [5.74, 6) is 0.950. The molecule has 0 amide bonds. The molecule has 0 aromatic heterocycles. The summed E-state index contributed by atoms with van der Waals surface area (Å²) in [4.78, 5) is 0. The van der Waals surface area contributed by atoms with Gasteiger partial charge in [0.25, 0.3) is 0 Å². The first-order valence-corrected chi connectivity index (χ1v) is 20.4. The molecule has 0 aliphatic carbocycles. The molecule has 1 atom stereocenters. The Labute approximate surface area is 326 Å². The van der Waals surface area contributed by atoms with Crippen LogP contribution in [-0.2, 0) is 9.47 Å². The number of hydrogen-bond acceptors (Lipinski definition) is 2. The third kappa shape index (κ3) is 15.0. The second-order valence-corrected chi connectivity index (χ2v) is 14.0. The van der Waals surface area contributed by atoms with Crippen LogP contribution in [0, 0.1) is 17.3 Å². The van der Waals surface area contributed by atoms with E-state index in [4.69, 9.17) is 22.6 Å². The van der Waals surface area contributed by atoms with E-state index < -0.39 is 0 Å². The van der Waals surface area contributed by atoms with Crippen LogP contribution in [0.5, 0.6) is 0 Å². The summed E-state index contributed by atoms with van der Waals surface area (Å²) in [7, 11) is 0. The van der Waals surface area contributed by atoms with Gasteiger partial charge in [-0.1, -0.05) is 186 Å². The third-order valence-corrected chi connectivity index (χ3v) is 9.96. The molecule has 288 valence electrons. The van der Waals surface area contributed by atoms with Gasteiger partial charge in [0.05, 0.1) is 12.2 Å². The second-order valence-electron chi connectivity index (χ2n) is 14.0. The second kappa shape index (κ2) is 27.4. The summed E-state index contributed by atoms with van der Waals surface area (Å²) in [6.07, 6.45) is 28.2. The Hall–Kier alpha value is -4.18. The van der Waals surface area contributed by atoms with E-state index in [-0.39, 0.29) is 17.3 Å². The van der Waals surface area contributed by atoms with E-state index in [1.165, 1.54) is 40.4 Å².